The number of carbonyl (C=O) groups is 2. The van der Waals surface area contributed by atoms with Crippen molar-refractivity contribution in [2.24, 2.45) is 7.05 Å². The van der Waals surface area contributed by atoms with Crippen molar-refractivity contribution in [3.8, 4) is 0 Å². The molecule has 0 unspecified atom stereocenters. The summed E-state index contributed by atoms with van der Waals surface area (Å²) in [7, 11) is 3.37. The first-order chi connectivity index (χ1) is 8.62. The van der Waals surface area contributed by atoms with Crippen LogP contribution in [-0.2, 0) is 17.3 Å². The van der Waals surface area contributed by atoms with E-state index in [1.54, 1.807) is 25.0 Å². The Labute approximate surface area is 113 Å². The van der Waals surface area contributed by atoms with E-state index >= 15 is 0 Å². The zero-order valence-corrected chi connectivity index (χ0v) is 12.1. The first kappa shape index (κ1) is 15.2. The number of carboxylic acid groups (broad SMARTS) is 1. The Morgan fingerprint density at radius 1 is 1.42 bits per heavy atom. The number of nitrogens with zero attached hydrogens (tertiary/aromatic N) is 3. The Morgan fingerprint density at radius 3 is 2.47 bits per heavy atom. The Kier molecular flexibility index (Phi) is 4.34. The maximum Gasteiger partial charge on any atom is 0.305 e. The van der Waals surface area contributed by atoms with E-state index < -0.39 is 5.97 Å². The van der Waals surface area contributed by atoms with E-state index in [4.69, 9.17) is 5.11 Å². The van der Waals surface area contributed by atoms with Gasteiger partial charge in [0.05, 0.1) is 17.7 Å². The van der Waals surface area contributed by atoms with Crippen LogP contribution in [0.3, 0.4) is 0 Å². The van der Waals surface area contributed by atoms with Gasteiger partial charge in [-0.1, -0.05) is 20.8 Å². The molecule has 6 nitrogen and oxygen atoms in total. The van der Waals surface area contributed by atoms with E-state index in [1.165, 1.54) is 4.90 Å². The minimum absolute atomic E-state index is 0.0621. The molecule has 106 valence electrons. The minimum atomic E-state index is -0.915. The van der Waals surface area contributed by atoms with Gasteiger partial charge in [-0.25, -0.2) is 0 Å². The predicted molar refractivity (Wildman–Crippen MR) is 71.1 cm³/mol. The van der Waals surface area contributed by atoms with E-state index in [9.17, 15) is 9.59 Å². The smallest absolute Gasteiger partial charge is 0.305 e. The van der Waals surface area contributed by atoms with Crippen molar-refractivity contribution in [2.45, 2.75) is 32.6 Å². The van der Waals surface area contributed by atoms with E-state index in [1.807, 2.05) is 20.8 Å². The molecule has 0 aliphatic rings. The normalized spacial score (nSPS) is 11.4. The van der Waals surface area contributed by atoms with Crippen LogP contribution < -0.4 is 0 Å². The third-order valence-electron chi connectivity index (χ3n) is 2.78. The highest BCUT2D eigenvalue weighted by molar-refractivity contribution is 5.95. The van der Waals surface area contributed by atoms with Gasteiger partial charge >= 0.3 is 5.97 Å². The molecule has 1 aromatic rings. The van der Waals surface area contributed by atoms with Gasteiger partial charge in [0.25, 0.3) is 5.91 Å². The zero-order chi connectivity index (χ0) is 14.8. The quantitative estimate of drug-likeness (QED) is 0.891. The molecule has 0 saturated heterocycles. The summed E-state index contributed by atoms with van der Waals surface area (Å²) in [6.45, 7) is 6.16. The van der Waals surface area contributed by atoms with Gasteiger partial charge in [-0.3, -0.25) is 14.3 Å². The van der Waals surface area contributed by atoms with Crippen LogP contribution in [0.1, 0.15) is 43.2 Å². The molecule has 0 bridgehead atoms. The van der Waals surface area contributed by atoms with Crippen molar-refractivity contribution in [3.05, 3.63) is 17.5 Å². The molecule has 1 aromatic heterocycles. The number of amides is 1. The maximum atomic E-state index is 12.3. The molecule has 19 heavy (non-hydrogen) atoms. The third kappa shape index (κ3) is 3.81. The lowest BCUT2D eigenvalue weighted by Crippen LogP contribution is -2.30. The number of rotatable bonds is 4. The lowest BCUT2D eigenvalue weighted by atomic mass is 9.89. The summed E-state index contributed by atoms with van der Waals surface area (Å²) in [6, 6.07) is 0. The number of hydrogen-bond donors (Lipinski definition) is 1. The topological polar surface area (TPSA) is 75.4 Å². The van der Waals surface area contributed by atoms with Crippen LogP contribution >= 0.6 is 0 Å². The van der Waals surface area contributed by atoms with Crippen LogP contribution in [0.5, 0.6) is 0 Å². The molecule has 1 N–H and O–H groups in total. The Hall–Kier alpha value is -1.85. The van der Waals surface area contributed by atoms with Gasteiger partial charge in [0.2, 0.25) is 0 Å². The Bertz CT molecular complexity index is 486. The second-order valence-corrected chi connectivity index (χ2v) is 5.69. The molecule has 0 aliphatic heterocycles. The Morgan fingerprint density at radius 2 is 2.00 bits per heavy atom. The molecule has 0 radical (unpaired) electrons. The summed E-state index contributed by atoms with van der Waals surface area (Å²) in [5.41, 5.74) is 1.02. The van der Waals surface area contributed by atoms with Gasteiger partial charge in [0.15, 0.2) is 0 Å². The molecule has 1 amide bonds. The highest BCUT2D eigenvalue weighted by Gasteiger charge is 2.27. The van der Waals surface area contributed by atoms with E-state index in [0.717, 1.165) is 5.69 Å². The lowest BCUT2D eigenvalue weighted by molar-refractivity contribution is -0.137. The number of hydrogen-bond acceptors (Lipinski definition) is 3. The summed E-state index contributed by atoms with van der Waals surface area (Å²) in [6.07, 6.45) is 1.62. The van der Waals surface area contributed by atoms with Crippen LogP contribution in [0.2, 0.25) is 0 Å². The first-order valence-corrected chi connectivity index (χ1v) is 6.14. The molecule has 0 fully saturated rings. The average Bonchev–Trinajstić information content (AvgIpc) is 2.66. The zero-order valence-electron chi connectivity index (χ0n) is 12.1. The monoisotopic (exact) mass is 267 g/mol. The highest BCUT2D eigenvalue weighted by Crippen LogP contribution is 2.24. The lowest BCUT2D eigenvalue weighted by Gasteiger charge is -2.20. The number of aryl methyl sites for hydroxylation is 1. The fourth-order valence-corrected chi connectivity index (χ4v) is 1.77. The molecule has 1 heterocycles. The largest absolute Gasteiger partial charge is 0.481 e. The van der Waals surface area contributed by atoms with Crippen LogP contribution in [0, 0.1) is 0 Å². The summed E-state index contributed by atoms with van der Waals surface area (Å²) in [4.78, 5) is 24.3. The number of aliphatic carboxylic acids is 1. The van der Waals surface area contributed by atoms with Gasteiger partial charge in [-0.2, -0.15) is 5.10 Å². The molecule has 0 atom stereocenters. The predicted octanol–water partition coefficient (Wildman–Crippen LogP) is 1.26. The summed E-state index contributed by atoms with van der Waals surface area (Å²) in [5.74, 6) is -1.11. The molecule has 0 aromatic carbocycles. The third-order valence-corrected chi connectivity index (χ3v) is 2.78. The van der Waals surface area contributed by atoms with Gasteiger partial charge in [0.1, 0.15) is 0 Å². The molecule has 1 rings (SSSR count). The summed E-state index contributed by atoms with van der Waals surface area (Å²) >= 11 is 0. The van der Waals surface area contributed by atoms with Gasteiger partial charge in [-0.15, -0.1) is 0 Å². The second kappa shape index (κ2) is 5.42. The summed E-state index contributed by atoms with van der Waals surface area (Å²) in [5, 5.41) is 13.0. The standard InChI is InChI=1S/C13H21N3O3/c1-13(2,3)11-9(8-16(5)14-11)12(19)15(4)7-6-10(17)18/h8H,6-7H2,1-5H3,(H,17,18). The Balaban J connectivity index is 2.96. The van der Waals surface area contributed by atoms with Gasteiger partial charge < -0.3 is 10.0 Å². The van der Waals surface area contributed by atoms with Crippen LogP contribution in [0.15, 0.2) is 6.20 Å². The molecular weight excluding hydrogens is 246 g/mol. The van der Waals surface area contributed by atoms with Crippen molar-refractivity contribution in [3.63, 3.8) is 0 Å². The van der Waals surface area contributed by atoms with Crippen molar-refractivity contribution in [1.29, 1.82) is 0 Å². The summed E-state index contributed by atoms with van der Waals surface area (Å²) < 4.78 is 1.61. The molecular formula is C13H21N3O3. The second-order valence-electron chi connectivity index (χ2n) is 5.69. The van der Waals surface area contributed by atoms with Crippen LogP contribution in [0.4, 0.5) is 0 Å². The molecule has 0 saturated carbocycles. The number of aromatic nitrogens is 2. The van der Waals surface area contributed by atoms with Gasteiger partial charge in [0, 0.05) is 32.3 Å². The molecule has 0 aliphatic carbocycles. The van der Waals surface area contributed by atoms with Crippen molar-refractivity contribution < 1.29 is 14.7 Å². The van der Waals surface area contributed by atoms with Crippen LogP contribution in [0.25, 0.3) is 0 Å². The number of carbonyl (C=O) groups excluding carboxylic acids is 1. The SMILES string of the molecule is CN(CCC(=O)O)C(=O)c1cn(C)nc1C(C)(C)C. The fourth-order valence-electron chi connectivity index (χ4n) is 1.77. The van der Waals surface area contributed by atoms with Crippen molar-refractivity contribution >= 4 is 11.9 Å². The molecule has 6 heteroatoms. The van der Waals surface area contributed by atoms with E-state index in [2.05, 4.69) is 5.10 Å². The fraction of sp³-hybridized carbons (Fsp3) is 0.615. The minimum Gasteiger partial charge on any atom is -0.481 e. The maximum absolute atomic E-state index is 12.3. The average molecular weight is 267 g/mol. The van der Waals surface area contributed by atoms with Crippen molar-refractivity contribution in [2.75, 3.05) is 13.6 Å². The number of carboxylic acids is 1. The van der Waals surface area contributed by atoms with Crippen LogP contribution in [-0.4, -0.2) is 45.3 Å². The van der Waals surface area contributed by atoms with E-state index in [-0.39, 0.29) is 24.3 Å². The molecule has 0 spiro atoms. The van der Waals surface area contributed by atoms with E-state index in [0.29, 0.717) is 5.56 Å². The van der Waals surface area contributed by atoms with Crippen molar-refractivity contribution in [1.82, 2.24) is 14.7 Å². The first-order valence-electron chi connectivity index (χ1n) is 6.14. The highest BCUT2D eigenvalue weighted by atomic mass is 16.4. The van der Waals surface area contributed by atoms with Gasteiger partial charge in [-0.05, 0) is 0 Å².